The molecule has 0 aliphatic carbocycles. The number of carbonyl (C=O) groups is 2. The first-order chi connectivity index (χ1) is 13.7. The molecule has 0 bridgehead atoms. The maximum atomic E-state index is 12.6. The highest BCUT2D eigenvalue weighted by atomic mass is 32.1. The number of anilines is 1. The summed E-state index contributed by atoms with van der Waals surface area (Å²) in [5.41, 5.74) is 0.611. The van der Waals surface area contributed by atoms with E-state index in [0.29, 0.717) is 17.1 Å². The van der Waals surface area contributed by atoms with Gasteiger partial charge in [-0.05, 0) is 36.8 Å². The molecule has 0 aliphatic heterocycles. The first-order valence-electron chi connectivity index (χ1n) is 8.52. The minimum absolute atomic E-state index is 0.0564. The van der Waals surface area contributed by atoms with Crippen molar-refractivity contribution in [3.05, 3.63) is 81.9 Å². The summed E-state index contributed by atoms with van der Waals surface area (Å²) in [7, 11) is 0. The zero-order chi connectivity index (χ0) is 21.0. The number of benzene rings is 2. The molecule has 1 heterocycles. The fourth-order valence-electron chi connectivity index (χ4n) is 2.50. The SMILES string of the molecule is Cc1nc(NC(=O)c2ccc(C(F)(F)F)cc2)sc1C(=O)NCc1ccccc1. The molecule has 9 heteroatoms. The summed E-state index contributed by atoms with van der Waals surface area (Å²) in [6.45, 7) is 1.99. The molecule has 0 saturated carbocycles. The molecule has 0 aliphatic rings. The third kappa shape index (κ3) is 5.20. The third-order valence-electron chi connectivity index (χ3n) is 3.99. The second-order valence-corrected chi connectivity index (χ2v) is 7.13. The summed E-state index contributed by atoms with van der Waals surface area (Å²) in [5.74, 6) is -0.928. The Kier molecular flexibility index (Phi) is 5.97. The van der Waals surface area contributed by atoms with E-state index >= 15 is 0 Å². The van der Waals surface area contributed by atoms with Gasteiger partial charge in [0.2, 0.25) is 0 Å². The number of carbonyl (C=O) groups excluding carboxylic acids is 2. The van der Waals surface area contributed by atoms with Crippen molar-refractivity contribution in [3.8, 4) is 0 Å². The predicted molar refractivity (Wildman–Crippen MR) is 104 cm³/mol. The van der Waals surface area contributed by atoms with E-state index < -0.39 is 17.6 Å². The lowest BCUT2D eigenvalue weighted by atomic mass is 10.1. The number of nitrogens with one attached hydrogen (secondary N) is 2. The minimum Gasteiger partial charge on any atom is -0.347 e. The summed E-state index contributed by atoms with van der Waals surface area (Å²) in [5, 5.41) is 5.49. The van der Waals surface area contributed by atoms with Crippen LogP contribution in [0.5, 0.6) is 0 Å². The lowest BCUT2D eigenvalue weighted by Crippen LogP contribution is -2.22. The summed E-state index contributed by atoms with van der Waals surface area (Å²) >= 11 is 0.998. The van der Waals surface area contributed by atoms with Gasteiger partial charge in [-0.15, -0.1) is 0 Å². The molecular formula is C20H16F3N3O2S. The topological polar surface area (TPSA) is 71.1 Å². The van der Waals surface area contributed by atoms with E-state index in [2.05, 4.69) is 15.6 Å². The smallest absolute Gasteiger partial charge is 0.347 e. The van der Waals surface area contributed by atoms with Crippen LogP contribution in [0.25, 0.3) is 0 Å². The zero-order valence-electron chi connectivity index (χ0n) is 15.2. The molecule has 150 valence electrons. The molecule has 3 rings (SSSR count). The second kappa shape index (κ2) is 8.44. The van der Waals surface area contributed by atoms with E-state index in [1.165, 1.54) is 0 Å². The molecule has 2 amide bonds. The van der Waals surface area contributed by atoms with Crippen molar-refractivity contribution in [1.29, 1.82) is 0 Å². The van der Waals surface area contributed by atoms with Crippen molar-refractivity contribution in [2.75, 3.05) is 5.32 Å². The van der Waals surface area contributed by atoms with Gasteiger partial charge in [0.15, 0.2) is 5.13 Å². The number of hydrogen-bond acceptors (Lipinski definition) is 4. The number of nitrogens with zero attached hydrogens (tertiary/aromatic N) is 1. The molecule has 2 N–H and O–H groups in total. The highest BCUT2D eigenvalue weighted by molar-refractivity contribution is 7.17. The molecule has 29 heavy (non-hydrogen) atoms. The van der Waals surface area contributed by atoms with Gasteiger partial charge >= 0.3 is 6.18 Å². The van der Waals surface area contributed by atoms with Gasteiger partial charge in [-0.3, -0.25) is 14.9 Å². The molecule has 0 radical (unpaired) electrons. The van der Waals surface area contributed by atoms with Crippen molar-refractivity contribution in [1.82, 2.24) is 10.3 Å². The molecule has 3 aromatic rings. The van der Waals surface area contributed by atoms with E-state index in [0.717, 1.165) is 41.2 Å². The lowest BCUT2D eigenvalue weighted by molar-refractivity contribution is -0.137. The Hall–Kier alpha value is -3.20. The largest absolute Gasteiger partial charge is 0.416 e. The number of hydrogen-bond donors (Lipinski definition) is 2. The van der Waals surface area contributed by atoms with Crippen molar-refractivity contribution in [2.24, 2.45) is 0 Å². The van der Waals surface area contributed by atoms with Crippen LogP contribution in [0.1, 0.15) is 36.9 Å². The van der Waals surface area contributed by atoms with Crippen molar-refractivity contribution >= 4 is 28.3 Å². The molecule has 0 spiro atoms. The Morgan fingerprint density at radius 2 is 1.66 bits per heavy atom. The van der Waals surface area contributed by atoms with E-state index in [4.69, 9.17) is 0 Å². The Morgan fingerprint density at radius 1 is 1.00 bits per heavy atom. The summed E-state index contributed by atoms with van der Waals surface area (Å²) in [6, 6.07) is 13.2. The third-order valence-corrected chi connectivity index (χ3v) is 5.07. The summed E-state index contributed by atoms with van der Waals surface area (Å²) < 4.78 is 37.8. The van der Waals surface area contributed by atoms with E-state index in [1.54, 1.807) is 6.92 Å². The van der Waals surface area contributed by atoms with Crippen molar-refractivity contribution in [2.45, 2.75) is 19.6 Å². The van der Waals surface area contributed by atoms with Gasteiger partial charge in [-0.25, -0.2) is 4.98 Å². The normalized spacial score (nSPS) is 11.2. The first-order valence-corrected chi connectivity index (χ1v) is 9.34. The molecule has 0 unspecified atom stereocenters. The highest BCUT2D eigenvalue weighted by Crippen LogP contribution is 2.29. The van der Waals surface area contributed by atoms with Crippen LogP contribution < -0.4 is 10.6 Å². The standard InChI is InChI=1S/C20H16F3N3O2S/c1-12-16(18(28)24-11-13-5-3-2-4-6-13)29-19(25-12)26-17(27)14-7-9-15(10-8-14)20(21,22)23/h2-10H,11H2,1H3,(H,24,28)(H,25,26,27). The van der Waals surface area contributed by atoms with Crippen molar-refractivity contribution in [3.63, 3.8) is 0 Å². The molecular weight excluding hydrogens is 403 g/mol. The Bertz CT molecular complexity index is 1020. The number of thiazole rings is 1. The van der Waals surface area contributed by atoms with Crippen LogP contribution >= 0.6 is 11.3 Å². The summed E-state index contributed by atoms with van der Waals surface area (Å²) in [6.07, 6.45) is -4.47. The molecule has 0 fully saturated rings. The zero-order valence-corrected chi connectivity index (χ0v) is 16.0. The molecule has 0 atom stereocenters. The van der Waals surface area contributed by atoms with Crippen LogP contribution in [0.4, 0.5) is 18.3 Å². The molecule has 0 saturated heterocycles. The fourth-order valence-corrected chi connectivity index (χ4v) is 3.38. The number of halogens is 3. The molecule has 1 aromatic heterocycles. The number of amides is 2. The number of rotatable bonds is 5. The maximum absolute atomic E-state index is 12.6. The van der Waals surface area contributed by atoms with Crippen LogP contribution in [-0.2, 0) is 12.7 Å². The second-order valence-electron chi connectivity index (χ2n) is 6.13. The van der Waals surface area contributed by atoms with Gasteiger partial charge in [0.25, 0.3) is 11.8 Å². The van der Waals surface area contributed by atoms with Gasteiger partial charge < -0.3 is 5.32 Å². The summed E-state index contributed by atoms with van der Waals surface area (Å²) in [4.78, 5) is 29.1. The molecule has 2 aromatic carbocycles. The first kappa shape index (κ1) is 20.5. The Labute approximate surface area is 168 Å². The minimum atomic E-state index is -4.47. The van der Waals surface area contributed by atoms with Gasteiger partial charge in [0, 0.05) is 12.1 Å². The van der Waals surface area contributed by atoms with E-state index in [9.17, 15) is 22.8 Å². The Morgan fingerprint density at radius 3 is 2.28 bits per heavy atom. The van der Waals surface area contributed by atoms with Gasteiger partial charge in [0.1, 0.15) is 4.88 Å². The highest BCUT2D eigenvalue weighted by Gasteiger charge is 2.30. The van der Waals surface area contributed by atoms with Gasteiger partial charge in [0.05, 0.1) is 11.3 Å². The lowest BCUT2D eigenvalue weighted by Gasteiger charge is -2.07. The van der Waals surface area contributed by atoms with Gasteiger partial charge in [-0.2, -0.15) is 13.2 Å². The Balaban J connectivity index is 1.65. The van der Waals surface area contributed by atoms with Crippen molar-refractivity contribution < 1.29 is 22.8 Å². The maximum Gasteiger partial charge on any atom is 0.416 e. The monoisotopic (exact) mass is 419 g/mol. The number of aromatic nitrogens is 1. The predicted octanol–water partition coefficient (Wildman–Crippen LogP) is 4.65. The van der Waals surface area contributed by atoms with Crippen LogP contribution in [0.15, 0.2) is 54.6 Å². The quantitative estimate of drug-likeness (QED) is 0.632. The average Bonchev–Trinajstić information content (AvgIpc) is 3.06. The average molecular weight is 419 g/mol. The van der Waals surface area contributed by atoms with E-state index in [1.807, 2.05) is 30.3 Å². The fraction of sp³-hybridized carbons (Fsp3) is 0.150. The number of alkyl halides is 3. The van der Waals surface area contributed by atoms with Crippen LogP contribution in [-0.4, -0.2) is 16.8 Å². The van der Waals surface area contributed by atoms with Crippen LogP contribution in [0.3, 0.4) is 0 Å². The molecule has 5 nitrogen and oxygen atoms in total. The van der Waals surface area contributed by atoms with E-state index in [-0.39, 0.29) is 16.6 Å². The number of aryl methyl sites for hydroxylation is 1. The van der Waals surface area contributed by atoms with Crippen LogP contribution in [0, 0.1) is 6.92 Å². The van der Waals surface area contributed by atoms with Gasteiger partial charge in [-0.1, -0.05) is 41.7 Å². The van der Waals surface area contributed by atoms with Crippen LogP contribution in [0.2, 0.25) is 0 Å².